The summed E-state index contributed by atoms with van der Waals surface area (Å²) in [6.07, 6.45) is 2.85. The molecule has 2 aromatic heterocycles. The topological polar surface area (TPSA) is 51.1 Å². The molecule has 0 radical (unpaired) electrons. The van der Waals surface area contributed by atoms with Crippen molar-refractivity contribution < 1.29 is 17.9 Å². The van der Waals surface area contributed by atoms with Crippen LogP contribution in [0, 0.1) is 11.6 Å². The lowest BCUT2D eigenvalue weighted by atomic mass is 9.95. The van der Waals surface area contributed by atoms with Gasteiger partial charge in [-0.25, -0.2) is 13.2 Å². The second kappa shape index (κ2) is 11.0. The van der Waals surface area contributed by atoms with Gasteiger partial charge in [0, 0.05) is 35.9 Å². The lowest BCUT2D eigenvalue weighted by Crippen LogP contribution is -2.43. The summed E-state index contributed by atoms with van der Waals surface area (Å²) in [6, 6.07) is 18.0. The molecule has 0 saturated carbocycles. The summed E-state index contributed by atoms with van der Waals surface area (Å²) in [4.78, 5) is 15.8. The van der Waals surface area contributed by atoms with E-state index in [0.29, 0.717) is 45.5 Å². The Kier molecular flexibility index (Phi) is 7.20. The fraction of sp³-hybridized carbons (Fsp3) is 0.281. The number of pyridine rings is 1. The highest BCUT2D eigenvalue weighted by atomic mass is 35.5. The van der Waals surface area contributed by atoms with Crippen LogP contribution in [0.4, 0.5) is 13.2 Å². The Morgan fingerprint density at radius 3 is 2.76 bits per heavy atom. The number of thioether (sulfide) groups is 1. The summed E-state index contributed by atoms with van der Waals surface area (Å²) in [6.45, 7) is 1.45. The second-order valence-electron chi connectivity index (χ2n) is 10.9. The quantitative estimate of drug-likeness (QED) is 0.138. The molecule has 2 fully saturated rings. The molecule has 214 valence electrons. The van der Waals surface area contributed by atoms with E-state index in [-0.39, 0.29) is 28.9 Å². The number of halogens is 4. The molecule has 0 spiro atoms. The summed E-state index contributed by atoms with van der Waals surface area (Å²) in [7, 11) is 0. The second-order valence-corrected chi connectivity index (χ2v) is 12.2. The highest BCUT2D eigenvalue weighted by Crippen LogP contribution is 2.41. The van der Waals surface area contributed by atoms with Gasteiger partial charge in [0.05, 0.1) is 15.9 Å². The van der Waals surface area contributed by atoms with E-state index in [9.17, 15) is 8.78 Å². The average molecular weight is 607 g/mol. The van der Waals surface area contributed by atoms with Crippen molar-refractivity contribution in [2.24, 2.45) is 0 Å². The zero-order chi connectivity index (χ0) is 28.8. The molecule has 2 aliphatic rings. The van der Waals surface area contributed by atoms with Gasteiger partial charge in [0.15, 0.2) is 5.82 Å². The minimum atomic E-state index is -0.896. The molecule has 7 rings (SSSR count). The smallest absolute Gasteiger partial charge is 0.318 e. The van der Waals surface area contributed by atoms with Crippen molar-refractivity contribution in [3.63, 3.8) is 0 Å². The van der Waals surface area contributed by atoms with Crippen LogP contribution in [0.5, 0.6) is 6.01 Å². The zero-order valence-corrected chi connectivity index (χ0v) is 24.1. The van der Waals surface area contributed by atoms with Crippen molar-refractivity contribution in [1.82, 2.24) is 19.9 Å². The lowest BCUT2D eigenvalue weighted by molar-refractivity contribution is 0.107. The number of ether oxygens (including phenoxy) is 1. The van der Waals surface area contributed by atoms with Crippen LogP contribution in [0.15, 0.2) is 71.9 Å². The monoisotopic (exact) mass is 606 g/mol. The number of fused-ring (bicyclic) bond motifs is 3. The largest absolute Gasteiger partial charge is 0.461 e. The summed E-state index contributed by atoms with van der Waals surface area (Å²) in [5.41, 5.74) is 1.08. The number of rotatable bonds is 7. The van der Waals surface area contributed by atoms with Crippen LogP contribution in [-0.2, 0) is 5.75 Å². The van der Waals surface area contributed by atoms with Gasteiger partial charge in [-0.3, -0.25) is 9.88 Å². The van der Waals surface area contributed by atoms with E-state index in [1.807, 2.05) is 30.3 Å². The molecule has 0 bridgehead atoms. The van der Waals surface area contributed by atoms with E-state index in [1.165, 1.54) is 17.8 Å². The standard InChI is InChI=1S/C32H26ClF3N4OS/c33-26-24(35)11-10-20-8-4-9-22(25(20)26)28-27(36)29-23(15-37-28)30(42-17-19-6-2-1-3-7-19)39-31(38-29)41-18-32-12-5-13-40(32)16-21(34)14-32/h1-4,6-11,15,21H,5,12-14,16-18H2/t21-,32+/m1/s1. The molecule has 5 aromatic rings. The minimum Gasteiger partial charge on any atom is -0.461 e. The Balaban J connectivity index is 1.32. The van der Waals surface area contributed by atoms with Crippen LogP contribution in [0.1, 0.15) is 24.8 Å². The van der Waals surface area contributed by atoms with Crippen LogP contribution in [-0.4, -0.2) is 51.3 Å². The van der Waals surface area contributed by atoms with Gasteiger partial charge in [0.1, 0.15) is 34.8 Å². The highest BCUT2D eigenvalue weighted by Gasteiger charge is 2.49. The Morgan fingerprint density at radius 2 is 1.90 bits per heavy atom. The Morgan fingerprint density at radius 1 is 1.05 bits per heavy atom. The van der Waals surface area contributed by atoms with Crippen molar-refractivity contribution in [2.75, 3.05) is 19.7 Å². The first kappa shape index (κ1) is 27.4. The summed E-state index contributed by atoms with van der Waals surface area (Å²) in [5, 5.41) is 1.89. The number of hydrogen-bond donors (Lipinski definition) is 0. The van der Waals surface area contributed by atoms with E-state index in [0.717, 1.165) is 24.9 Å². The predicted octanol–water partition coefficient (Wildman–Crippen LogP) is 8.02. The Labute approximate surface area is 250 Å². The van der Waals surface area contributed by atoms with Gasteiger partial charge in [-0.2, -0.15) is 9.97 Å². The third-order valence-electron chi connectivity index (χ3n) is 8.27. The lowest BCUT2D eigenvalue weighted by Gasteiger charge is -2.30. The molecule has 2 atom stereocenters. The first-order chi connectivity index (χ1) is 20.4. The van der Waals surface area contributed by atoms with Crippen molar-refractivity contribution >= 4 is 45.0 Å². The van der Waals surface area contributed by atoms with Crippen molar-refractivity contribution in [2.45, 2.75) is 41.8 Å². The maximum atomic E-state index is 16.4. The van der Waals surface area contributed by atoms with Crippen LogP contribution in [0.25, 0.3) is 32.9 Å². The van der Waals surface area contributed by atoms with Gasteiger partial charge in [-0.1, -0.05) is 66.2 Å². The van der Waals surface area contributed by atoms with Gasteiger partial charge < -0.3 is 4.74 Å². The van der Waals surface area contributed by atoms with E-state index >= 15 is 4.39 Å². The molecule has 0 amide bonds. The molecular formula is C32H26ClF3N4OS. The van der Waals surface area contributed by atoms with Gasteiger partial charge >= 0.3 is 6.01 Å². The number of benzene rings is 3. The SMILES string of the molecule is Fc1ccc2cccc(-c3ncc4c(SCc5ccccc5)nc(OC[C@@]56CCCN5C[C@H](F)C6)nc4c3F)c2c1Cl. The van der Waals surface area contributed by atoms with Gasteiger partial charge in [-0.15, -0.1) is 11.8 Å². The molecule has 0 N–H and O–H groups in total. The van der Waals surface area contributed by atoms with Crippen molar-refractivity contribution in [3.05, 3.63) is 89.1 Å². The molecule has 0 aliphatic carbocycles. The van der Waals surface area contributed by atoms with Crippen LogP contribution < -0.4 is 4.74 Å². The van der Waals surface area contributed by atoms with Crippen molar-refractivity contribution in [3.8, 4) is 17.3 Å². The third kappa shape index (κ3) is 4.87. The van der Waals surface area contributed by atoms with Crippen LogP contribution >= 0.6 is 23.4 Å². The number of alkyl halides is 1. The first-order valence-corrected chi connectivity index (χ1v) is 15.2. The first-order valence-electron chi connectivity index (χ1n) is 13.8. The van der Waals surface area contributed by atoms with Crippen LogP contribution in [0.2, 0.25) is 5.02 Å². The maximum absolute atomic E-state index is 16.4. The van der Waals surface area contributed by atoms with E-state index in [2.05, 4.69) is 19.9 Å². The normalized spacial score (nSPS) is 20.4. The minimum absolute atomic E-state index is 0.000820. The summed E-state index contributed by atoms with van der Waals surface area (Å²) in [5.74, 6) is -0.687. The molecule has 0 unspecified atom stereocenters. The Bertz CT molecular complexity index is 1810. The molecular weight excluding hydrogens is 581 g/mol. The molecule has 3 aromatic carbocycles. The predicted molar refractivity (Wildman–Crippen MR) is 160 cm³/mol. The molecule has 4 heterocycles. The van der Waals surface area contributed by atoms with E-state index in [4.69, 9.17) is 16.3 Å². The molecule has 2 aliphatic heterocycles. The molecule has 10 heteroatoms. The molecule has 42 heavy (non-hydrogen) atoms. The van der Waals surface area contributed by atoms with Crippen LogP contribution in [0.3, 0.4) is 0 Å². The van der Waals surface area contributed by atoms with Crippen molar-refractivity contribution in [1.29, 1.82) is 0 Å². The average Bonchev–Trinajstić information content (AvgIpc) is 3.53. The number of aromatic nitrogens is 3. The molecule has 2 saturated heterocycles. The van der Waals surface area contributed by atoms with Gasteiger partial charge in [0.25, 0.3) is 0 Å². The summed E-state index contributed by atoms with van der Waals surface area (Å²) >= 11 is 7.79. The van der Waals surface area contributed by atoms with E-state index < -0.39 is 23.3 Å². The van der Waals surface area contributed by atoms with E-state index in [1.54, 1.807) is 30.5 Å². The maximum Gasteiger partial charge on any atom is 0.318 e. The fourth-order valence-corrected chi connectivity index (χ4v) is 7.47. The third-order valence-corrected chi connectivity index (χ3v) is 9.70. The highest BCUT2D eigenvalue weighted by molar-refractivity contribution is 7.98. The number of hydrogen-bond acceptors (Lipinski definition) is 6. The summed E-state index contributed by atoms with van der Waals surface area (Å²) < 4.78 is 51.4. The van der Waals surface area contributed by atoms with Gasteiger partial charge in [0.2, 0.25) is 0 Å². The zero-order valence-electron chi connectivity index (χ0n) is 22.5. The Hall–Kier alpha value is -3.40. The fourth-order valence-electron chi connectivity index (χ4n) is 6.25. The number of nitrogens with zero attached hydrogens (tertiary/aromatic N) is 4. The molecule has 5 nitrogen and oxygen atoms in total. The van der Waals surface area contributed by atoms with Gasteiger partial charge in [-0.05, 0) is 36.4 Å².